The van der Waals surface area contributed by atoms with E-state index in [9.17, 15) is 4.79 Å². The van der Waals surface area contributed by atoms with Crippen molar-refractivity contribution in [2.24, 2.45) is 17.8 Å². The highest BCUT2D eigenvalue weighted by atomic mass is 16.1. The molecule has 0 aliphatic heterocycles. The first-order chi connectivity index (χ1) is 7.00. The molecule has 0 saturated heterocycles. The molecule has 1 saturated carbocycles. The summed E-state index contributed by atoms with van der Waals surface area (Å²) in [6, 6.07) is 0. The standard InChI is InChI=1S/C14H24O/c1-10(2)9-14(15)13-7-5-12(6-8-13)11(3)4/h9,11-13H,5-8H2,1-4H3. The minimum atomic E-state index is 0.315. The predicted octanol–water partition coefficient (Wildman–Crippen LogP) is 3.98. The maximum atomic E-state index is 11.8. The van der Waals surface area contributed by atoms with E-state index in [2.05, 4.69) is 13.8 Å². The Bertz CT molecular complexity index is 238. The molecule has 86 valence electrons. The van der Waals surface area contributed by atoms with Crippen molar-refractivity contribution >= 4 is 5.78 Å². The molecule has 0 heterocycles. The van der Waals surface area contributed by atoms with E-state index in [1.807, 2.05) is 19.9 Å². The number of carbonyl (C=O) groups excluding carboxylic acids is 1. The Hall–Kier alpha value is -0.590. The summed E-state index contributed by atoms with van der Waals surface area (Å²) in [4.78, 5) is 11.8. The van der Waals surface area contributed by atoms with Crippen LogP contribution in [0.1, 0.15) is 53.4 Å². The summed E-state index contributed by atoms with van der Waals surface area (Å²) in [5, 5.41) is 0. The summed E-state index contributed by atoms with van der Waals surface area (Å²) < 4.78 is 0. The van der Waals surface area contributed by atoms with Crippen LogP contribution in [-0.4, -0.2) is 5.78 Å². The van der Waals surface area contributed by atoms with Crippen LogP contribution in [0.15, 0.2) is 11.6 Å². The number of hydrogen-bond acceptors (Lipinski definition) is 1. The molecule has 1 heteroatoms. The topological polar surface area (TPSA) is 17.1 Å². The van der Waals surface area contributed by atoms with Crippen molar-refractivity contribution in [2.75, 3.05) is 0 Å². The fraction of sp³-hybridized carbons (Fsp3) is 0.786. The van der Waals surface area contributed by atoms with Gasteiger partial charge in [-0.05, 0) is 57.4 Å². The van der Waals surface area contributed by atoms with Crippen molar-refractivity contribution in [2.45, 2.75) is 53.4 Å². The molecule has 0 bridgehead atoms. The molecule has 0 amide bonds. The second-order valence-electron chi connectivity index (χ2n) is 5.48. The quantitative estimate of drug-likeness (QED) is 0.641. The molecule has 1 aliphatic carbocycles. The molecule has 1 rings (SSSR count). The van der Waals surface area contributed by atoms with Crippen LogP contribution >= 0.6 is 0 Å². The Morgan fingerprint density at radius 1 is 1.13 bits per heavy atom. The summed E-state index contributed by atoms with van der Waals surface area (Å²) in [5.41, 5.74) is 1.13. The van der Waals surface area contributed by atoms with Crippen molar-refractivity contribution < 1.29 is 4.79 Å². The van der Waals surface area contributed by atoms with Crippen LogP contribution in [0.4, 0.5) is 0 Å². The van der Waals surface area contributed by atoms with Gasteiger partial charge in [0, 0.05) is 5.92 Å². The van der Waals surface area contributed by atoms with E-state index in [1.54, 1.807) is 0 Å². The Labute approximate surface area is 93.9 Å². The van der Waals surface area contributed by atoms with Crippen molar-refractivity contribution in [1.82, 2.24) is 0 Å². The van der Waals surface area contributed by atoms with E-state index in [4.69, 9.17) is 0 Å². The lowest BCUT2D eigenvalue weighted by molar-refractivity contribution is -0.119. The number of ketones is 1. The van der Waals surface area contributed by atoms with Crippen LogP contribution in [0.2, 0.25) is 0 Å². The van der Waals surface area contributed by atoms with E-state index >= 15 is 0 Å². The van der Waals surface area contributed by atoms with Crippen LogP contribution in [0, 0.1) is 17.8 Å². The molecule has 0 N–H and O–H groups in total. The molecule has 0 aromatic heterocycles. The number of allylic oxidation sites excluding steroid dienone is 2. The fourth-order valence-corrected chi connectivity index (χ4v) is 2.47. The van der Waals surface area contributed by atoms with Gasteiger partial charge in [-0.1, -0.05) is 19.4 Å². The minimum Gasteiger partial charge on any atom is -0.295 e. The number of carbonyl (C=O) groups is 1. The summed E-state index contributed by atoms with van der Waals surface area (Å²) in [7, 11) is 0. The molecular formula is C14H24O. The van der Waals surface area contributed by atoms with E-state index in [1.165, 1.54) is 12.8 Å². The second kappa shape index (κ2) is 5.48. The van der Waals surface area contributed by atoms with E-state index < -0.39 is 0 Å². The normalized spacial score (nSPS) is 26.5. The zero-order valence-corrected chi connectivity index (χ0v) is 10.5. The fourth-order valence-electron chi connectivity index (χ4n) is 2.47. The molecule has 0 radical (unpaired) electrons. The predicted molar refractivity (Wildman–Crippen MR) is 64.7 cm³/mol. The van der Waals surface area contributed by atoms with Crippen LogP contribution in [-0.2, 0) is 4.79 Å². The lowest BCUT2D eigenvalue weighted by atomic mass is 9.75. The third kappa shape index (κ3) is 3.81. The Balaban J connectivity index is 2.44. The molecule has 15 heavy (non-hydrogen) atoms. The van der Waals surface area contributed by atoms with Crippen LogP contribution in [0.5, 0.6) is 0 Å². The van der Waals surface area contributed by atoms with Crippen molar-refractivity contribution in [1.29, 1.82) is 0 Å². The second-order valence-corrected chi connectivity index (χ2v) is 5.48. The average molecular weight is 208 g/mol. The van der Waals surface area contributed by atoms with Gasteiger partial charge in [-0.15, -0.1) is 0 Å². The summed E-state index contributed by atoms with van der Waals surface area (Å²) >= 11 is 0. The maximum Gasteiger partial charge on any atom is 0.158 e. The molecule has 1 nitrogen and oxygen atoms in total. The zero-order chi connectivity index (χ0) is 11.4. The van der Waals surface area contributed by atoms with Gasteiger partial charge >= 0.3 is 0 Å². The lowest BCUT2D eigenvalue weighted by Crippen LogP contribution is -2.23. The Morgan fingerprint density at radius 2 is 1.67 bits per heavy atom. The maximum absolute atomic E-state index is 11.8. The molecule has 1 aliphatic rings. The Kier molecular flexibility index (Phi) is 4.56. The Morgan fingerprint density at radius 3 is 2.07 bits per heavy atom. The SMILES string of the molecule is CC(C)=CC(=O)C1CCC(C(C)C)CC1. The highest BCUT2D eigenvalue weighted by molar-refractivity contribution is 5.92. The monoisotopic (exact) mass is 208 g/mol. The van der Waals surface area contributed by atoms with Gasteiger partial charge in [-0.2, -0.15) is 0 Å². The highest BCUT2D eigenvalue weighted by Gasteiger charge is 2.26. The average Bonchev–Trinajstić information content (AvgIpc) is 2.17. The molecular weight excluding hydrogens is 184 g/mol. The van der Waals surface area contributed by atoms with Gasteiger partial charge in [0.25, 0.3) is 0 Å². The van der Waals surface area contributed by atoms with Gasteiger partial charge in [0.05, 0.1) is 0 Å². The van der Waals surface area contributed by atoms with Gasteiger partial charge in [-0.3, -0.25) is 4.79 Å². The van der Waals surface area contributed by atoms with Crippen LogP contribution < -0.4 is 0 Å². The van der Waals surface area contributed by atoms with Crippen molar-refractivity contribution in [3.8, 4) is 0 Å². The highest BCUT2D eigenvalue weighted by Crippen LogP contribution is 2.33. The molecule has 0 aromatic carbocycles. The van der Waals surface area contributed by atoms with Gasteiger partial charge in [0.2, 0.25) is 0 Å². The van der Waals surface area contributed by atoms with Crippen molar-refractivity contribution in [3.05, 3.63) is 11.6 Å². The van der Waals surface area contributed by atoms with Crippen LogP contribution in [0.3, 0.4) is 0 Å². The first-order valence-electron chi connectivity index (χ1n) is 6.19. The molecule has 0 atom stereocenters. The third-order valence-corrected chi connectivity index (χ3v) is 3.55. The summed E-state index contributed by atoms with van der Waals surface area (Å²) in [6.07, 6.45) is 6.51. The van der Waals surface area contributed by atoms with Gasteiger partial charge in [0.1, 0.15) is 0 Å². The van der Waals surface area contributed by atoms with E-state index in [-0.39, 0.29) is 0 Å². The zero-order valence-electron chi connectivity index (χ0n) is 10.5. The lowest BCUT2D eigenvalue weighted by Gasteiger charge is -2.29. The van der Waals surface area contributed by atoms with Gasteiger partial charge in [0.15, 0.2) is 5.78 Å². The van der Waals surface area contributed by atoms with E-state index in [0.717, 1.165) is 30.3 Å². The van der Waals surface area contributed by atoms with Crippen molar-refractivity contribution in [3.63, 3.8) is 0 Å². The summed E-state index contributed by atoms with van der Waals surface area (Å²) in [5.74, 6) is 2.30. The largest absolute Gasteiger partial charge is 0.295 e. The molecule has 1 fully saturated rings. The number of rotatable bonds is 3. The molecule has 0 unspecified atom stereocenters. The minimum absolute atomic E-state index is 0.315. The van der Waals surface area contributed by atoms with Crippen LogP contribution in [0.25, 0.3) is 0 Å². The first-order valence-corrected chi connectivity index (χ1v) is 6.19. The smallest absolute Gasteiger partial charge is 0.158 e. The molecule has 0 aromatic rings. The number of hydrogen-bond donors (Lipinski definition) is 0. The summed E-state index contributed by atoms with van der Waals surface area (Å²) in [6.45, 7) is 8.58. The molecule has 0 spiro atoms. The van der Waals surface area contributed by atoms with E-state index in [0.29, 0.717) is 11.7 Å². The van der Waals surface area contributed by atoms with Gasteiger partial charge in [-0.25, -0.2) is 0 Å². The third-order valence-electron chi connectivity index (χ3n) is 3.55. The first kappa shape index (κ1) is 12.5. The van der Waals surface area contributed by atoms with Gasteiger partial charge < -0.3 is 0 Å².